The standard InChI is InChI=1S/C21H32N2O/c1-3-19-7-14-6-18(2,11-19)12-20(8-14,13-19)17(24)22-16-10-23-5-4-15-9-21(15,16)23/h14-16H,3-13H2,1-2H3,(H,22,24)/t14?,15?,16-,18-,19+,20?,21?/m1/s1. The summed E-state index contributed by atoms with van der Waals surface area (Å²) in [5, 5.41) is 3.60. The van der Waals surface area contributed by atoms with E-state index >= 15 is 0 Å². The van der Waals surface area contributed by atoms with Crippen molar-refractivity contribution < 1.29 is 4.79 Å². The Hall–Kier alpha value is -0.570. The van der Waals surface area contributed by atoms with Crippen molar-refractivity contribution in [1.82, 2.24) is 10.2 Å². The molecule has 5 aliphatic carbocycles. The van der Waals surface area contributed by atoms with Crippen LogP contribution in [-0.4, -0.2) is 35.5 Å². The van der Waals surface area contributed by atoms with Crippen molar-refractivity contribution in [2.75, 3.05) is 13.1 Å². The lowest BCUT2D eigenvalue weighted by Gasteiger charge is -2.65. The van der Waals surface area contributed by atoms with Crippen LogP contribution in [0.5, 0.6) is 0 Å². The Morgan fingerprint density at radius 3 is 2.75 bits per heavy atom. The molecule has 7 aliphatic rings. The Labute approximate surface area is 145 Å². The predicted molar refractivity (Wildman–Crippen MR) is 93.4 cm³/mol. The molecule has 1 spiro atoms. The third-order valence-corrected chi connectivity index (χ3v) is 9.46. The largest absolute Gasteiger partial charge is 0.350 e. The lowest BCUT2D eigenvalue weighted by molar-refractivity contribution is -0.176. The average Bonchev–Trinajstić information content (AvgIpc) is 3.19. The molecule has 0 aromatic carbocycles. The van der Waals surface area contributed by atoms with Gasteiger partial charge in [0.15, 0.2) is 0 Å². The zero-order valence-electron chi connectivity index (χ0n) is 15.4. The molecule has 7 rings (SSSR count). The summed E-state index contributed by atoms with van der Waals surface area (Å²) >= 11 is 0. The first-order valence-electron chi connectivity index (χ1n) is 10.5. The van der Waals surface area contributed by atoms with Gasteiger partial charge in [0.25, 0.3) is 0 Å². The highest BCUT2D eigenvalue weighted by Crippen LogP contribution is 2.71. The van der Waals surface area contributed by atoms with Gasteiger partial charge in [0.2, 0.25) is 5.91 Å². The summed E-state index contributed by atoms with van der Waals surface area (Å²) in [4.78, 5) is 16.2. The first-order valence-corrected chi connectivity index (χ1v) is 10.5. The van der Waals surface area contributed by atoms with Gasteiger partial charge >= 0.3 is 0 Å². The van der Waals surface area contributed by atoms with Crippen LogP contribution in [0.3, 0.4) is 0 Å². The van der Waals surface area contributed by atoms with Crippen molar-refractivity contribution >= 4 is 5.91 Å². The van der Waals surface area contributed by atoms with Crippen LogP contribution in [0.15, 0.2) is 0 Å². The van der Waals surface area contributed by atoms with Crippen LogP contribution in [0.1, 0.15) is 71.6 Å². The predicted octanol–water partition coefficient (Wildman–Crippen LogP) is 3.34. The minimum atomic E-state index is -0.0236. The van der Waals surface area contributed by atoms with Gasteiger partial charge in [0, 0.05) is 12.1 Å². The van der Waals surface area contributed by atoms with E-state index in [0.717, 1.165) is 24.8 Å². The maximum atomic E-state index is 13.5. The summed E-state index contributed by atoms with van der Waals surface area (Å²) in [5.41, 5.74) is 1.31. The number of nitrogens with zero attached hydrogens (tertiary/aromatic N) is 1. The van der Waals surface area contributed by atoms with Crippen LogP contribution in [0.25, 0.3) is 0 Å². The first kappa shape index (κ1) is 14.6. The SMILES string of the molecule is CC[C@]12CC3CC(C(=O)N[C@@H]4CN5CCC6CC645)(C[C@](C)(C3)C1)C2. The average molecular weight is 329 g/mol. The van der Waals surface area contributed by atoms with Gasteiger partial charge in [-0.05, 0) is 80.6 Å². The second-order valence-electron chi connectivity index (χ2n) is 11.1. The molecule has 1 N–H and O–H groups in total. The highest BCUT2D eigenvalue weighted by atomic mass is 16.2. The monoisotopic (exact) mass is 328 g/mol. The number of amides is 1. The molecule has 2 saturated heterocycles. The summed E-state index contributed by atoms with van der Waals surface area (Å²) in [5.74, 6) is 2.16. The highest BCUT2D eigenvalue weighted by molar-refractivity contribution is 5.84. The molecule has 132 valence electrons. The quantitative estimate of drug-likeness (QED) is 0.862. The molecule has 5 saturated carbocycles. The number of hydrogen-bond acceptors (Lipinski definition) is 2. The van der Waals surface area contributed by atoms with Crippen LogP contribution >= 0.6 is 0 Å². The maximum Gasteiger partial charge on any atom is 0.226 e. The zero-order valence-corrected chi connectivity index (χ0v) is 15.4. The molecule has 3 heteroatoms. The zero-order chi connectivity index (χ0) is 16.4. The van der Waals surface area contributed by atoms with Gasteiger partial charge in [-0.15, -0.1) is 0 Å². The lowest BCUT2D eigenvalue weighted by Crippen LogP contribution is -2.70. The van der Waals surface area contributed by atoms with Crippen LogP contribution in [-0.2, 0) is 4.79 Å². The summed E-state index contributed by atoms with van der Waals surface area (Å²) < 4.78 is 0. The molecule has 24 heavy (non-hydrogen) atoms. The number of nitrogens with one attached hydrogen (secondary N) is 1. The molecule has 0 radical (unpaired) electrons. The molecule has 2 aliphatic heterocycles. The number of rotatable bonds is 3. The molecule has 4 unspecified atom stereocenters. The fourth-order valence-corrected chi connectivity index (χ4v) is 9.04. The topological polar surface area (TPSA) is 32.3 Å². The van der Waals surface area contributed by atoms with E-state index in [1.54, 1.807) is 0 Å². The lowest BCUT2D eigenvalue weighted by atomic mass is 9.39. The van der Waals surface area contributed by atoms with E-state index in [-0.39, 0.29) is 5.41 Å². The van der Waals surface area contributed by atoms with Gasteiger partial charge in [-0.3, -0.25) is 9.69 Å². The molecule has 1 amide bonds. The van der Waals surface area contributed by atoms with Crippen LogP contribution in [0.4, 0.5) is 0 Å². The van der Waals surface area contributed by atoms with E-state index in [2.05, 4.69) is 24.1 Å². The number of carbonyl (C=O) groups is 1. The van der Waals surface area contributed by atoms with Crippen LogP contribution in [0.2, 0.25) is 0 Å². The van der Waals surface area contributed by atoms with E-state index in [0.29, 0.717) is 28.3 Å². The van der Waals surface area contributed by atoms with Gasteiger partial charge in [0.1, 0.15) is 0 Å². The Morgan fingerprint density at radius 1 is 1.17 bits per heavy atom. The molecule has 0 aromatic heterocycles. The Kier molecular flexibility index (Phi) is 2.46. The van der Waals surface area contributed by atoms with Gasteiger partial charge in [0.05, 0.1) is 11.5 Å². The second-order valence-corrected chi connectivity index (χ2v) is 11.1. The Bertz CT molecular complexity index is 633. The smallest absolute Gasteiger partial charge is 0.226 e. The molecule has 3 nitrogen and oxygen atoms in total. The first-order chi connectivity index (χ1) is 11.4. The number of piperidine rings is 1. The summed E-state index contributed by atoms with van der Waals surface area (Å²) in [6.07, 6.45) is 11.7. The van der Waals surface area contributed by atoms with Gasteiger partial charge < -0.3 is 5.32 Å². The molecular weight excluding hydrogens is 296 g/mol. The van der Waals surface area contributed by atoms with Crippen molar-refractivity contribution in [1.29, 1.82) is 0 Å². The van der Waals surface area contributed by atoms with E-state index in [4.69, 9.17) is 0 Å². The van der Waals surface area contributed by atoms with Crippen molar-refractivity contribution in [3.05, 3.63) is 0 Å². The molecule has 4 bridgehead atoms. The Morgan fingerprint density at radius 2 is 2.04 bits per heavy atom. The number of carbonyl (C=O) groups excluding carboxylic acids is 1. The minimum absolute atomic E-state index is 0.0236. The van der Waals surface area contributed by atoms with Crippen molar-refractivity contribution in [2.24, 2.45) is 28.1 Å². The van der Waals surface area contributed by atoms with E-state index < -0.39 is 0 Å². The molecule has 0 aromatic rings. The summed E-state index contributed by atoms with van der Waals surface area (Å²) in [6.45, 7) is 7.26. The van der Waals surface area contributed by atoms with Crippen molar-refractivity contribution in [3.8, 4) is 0 Å². The van der Waals surface area contributed by atoms with Gasteiger partial charge in [-0.1, -0.05) is 20.3 Å². The maximum absolute atomic E-state index is 13.5. The Balaban J connectivity index is 1.27. The molecule has 7 fully saturated rings. The summed E-state index contributed by atoms with van der Waals surface area (Å²) in [6, 6.07) is 0.468. The fourth-order valence-electron chi connectivity index (χ4n) is 9.04. The van der Waals surface area contributed by atoms with E-state index in [1.807, 2.05) is 0 Å². The number of hydrogen-bond donors (Lipinski definition) is 1. The van der Waals surface area contributed by atoms with Gasteiger partial charge in [-0.2, -0.15) is 0 Å². The van der Waals surface area contributed by atoms with Crippen molar-refractivity contribution in [2.45, 2.75) is 83.2 Å². The third-order valence-electron chi connectivity index (χ3n) is 9.46. The normalized spacial score (nSPS) is 59.7. The van der Waals surface area contributed by atoms with Gasteiger partial charge in [-0.25, -0.2) is 0 Å². The van der Waals surface area contributed by atoms with Crippen LogP contribution < -0.4 is 5.32 Å². The minimum Gasteiger partial charge on any atom is -0.350 e. The molecule has 7 atom stereocenters. The van der Waals surface area contributed by atoms with Crippen LogP contribution in [0, 0.1) is 28.1 Å². The molecule has 2 heterocycles. The fraction of sp³-hybridized carbons (Fsp3) is 0.952. The second kappa shape index (κ2) is 4.05. The molecular formula is C21H32N2O. The van der Waals surface area contributed by atoms with E-state index in [9.17, 15) is 4.79 Å². The van der Waals surface area contributed by atoms with E-state index in [1.165, 1.54) is 57.9 Å². The highest BCUT2D eigenvalue weighted by Gasteiger charge is 2.73. The third kappa shape index (κ3) is 1.57. The summed E-state index contributed by atoms with van der Waals surface area (Å²) in [7, 11) is 0. The van der Waals surface area contributed by atoms with Crippen molar-refractivity contribution in [3.63, 3.8) is 0 Å².